The van der Waals surface area contributed by atoms with Crippen LogP contribution in [0.2, 0.25) is 0 Å². The number of ketones is 1. The van der Waals surface area contributed by atoms with E-state index in [1.807, 2.05) is 0 Å². The van der Waals surface area contributed by atoms with Crippen LogP contribution in [0.3, 0.4) is 0 Å². The van der Waals surface area contributed by atoms with Gasteiger partial charge in [0, 0.05) is 19.1 Å². The van der Waals surface area contributed by atoms with Gasteiger partial charge in [-0.15, -0.1) is 5.11 Å². The highest BCUT2D eigenvalue weighted by Crippen LogP contribution is 2.18. The number of aliphatic hydroxyl groups excluding tert-OH is 1. The first kappa shape index (κ1) is 12.5. The quantitative estimate of drug-likeness (QED) is 0.284. The normalized spacial score (nSPS) is 11.7. The lowest BCUT2D eigenvalue weighted by Crippen LogP contribution is -1.91. The van der Waals surface area contributed by atoms with Crippen molar-refractivity contribution in [1.29, 1.82) is 0 Å². The molecular weight excluding hydrogens is 226 g/mol. The molecule has 0 fully saturated rings. The van der Waals surface area contributed by atoms with Crippen LogP contribution in [0.1, 0.15) is 6.92 Å². The number of allylic oxidation sites excluding steroid dienone is 1. The summed E-state index contributed by atoms with van der Waals surface area (Å²) in [6.07, 6.45) is 0.553. The van der Waals surface area contributed by atoms with Crippen LogP contribution < -0.4 is 0 Å². The molecule has 0 aromatic heterocycles. The summed E-state index contributed by atoms with van der Waals surface area (Å²) in [4.78, 5) is 20.7. The number of aliphatic hydroxyl groups is 1. The zero-order chi connectivity index (χ0) is 12.8. The van der Waals surface area contributed by atoms with Gasteiger partial charge in [-0.2, -0.15) is 5.11 Å². The monoisotopic (exact) mass is 235 g/mol. The van der Waals surface area contributed by atoms with Crippen molar-refractivity contribution in [3.05, 3.63) is 46.3 Å². The summed E-state index contributed by atoms with van der Waals surface area (Å²) < 4.78 is 0. The van der Waals surface area contributed by atoms with Crippen molar-refractivity contribution in [2.45, 2.75) is 6.92 Å². The Hall–Kier alpha value is -2.57. The number of hydrogen-bond donors (Lipinski definition) is 1. The molecule has 7 nitrogen and oxygen atoms in total. The van der Waals surface area contributed by atoms with Gasteiger partial charge in [0.1, 0.15) is 6.26 Å². The Bertz CT molecular complexity index is 491. The maximum absolute atomic E-state index is 10.9. The van der Waals surface area contributed by atoms with Gasteiger partial charge in [-0.05, 0) is 12.1 Å². The van der Waals surface area contributed by atoms with Crippen LogP contribution in [0.4, 0.5) is 11.4 Å². The fourth-order valence-electron chi connectivity index (χ4n) is 0.940. The molecule has 0 heterocycles. The molecule has 1 aromatic rings. The number of carbonyl (C=O) groups is 1. The van der Waals surface area contributed by atoms with Gasteiger partial charge in [-0.3, -0.25) is 14.9 Å². The van der Waals surface area contributed by atoms with Crippen LogP contribution in [0.5, 0.6) is 0 Å². The third-order valence-corrected chi connectivity index (χ3v) is 1.82. The van der Waals surface area contributed by atoms with E-state index in [2.05, 4.69) is 10.2 Å². The van der Waals surface area contributed by atoms with Crippen molar-refractivity contribution in [2.24, 2.45) is 10.2 Å². The van der Waals surface area contributed by atoms with Gasteiger partial charge in [0.2, 0.25) is 0 Å². The van der Waals surface area contributed by atoms with Crippen LogP contribution >= 0.6 is 0 Å². The standard InChI is InChI=1S/C10H9N3O4/c1-7(15)10(6-14)12-11-8-2-4-9(5-3-8)13(16)17/h2-6,14H,1H3/b10-6-,12-11?. The van der Waals surface area contributed by atoms with Crippen LogP contribution in [0.15, 0.2) is 46.5 Å². The highest BCUT2D eigenvalue weighted by atomic mass is 16.6. The number of rotatable bonds is 4. The number of benzene rings is 1. The van der Waals surface area contributed by atoms with Crippen molar-refractivity contribution in [3.63, 3.8) is 0 Å². The molecule has 0 atom stereocenters. The molecule has 0 radical (unpaired) electrons. The SMILES string of the molecule is CC(=O)/C(=C/O)N=Nc1ccc([N+](=O)[O-])cc1. The second kappa shape index (κ2) is 5.50. The summed E-state index contributed by atoms with van der Waals surface area (Å²) in [5, 5.41) is 26.2. The summed E-state index contributed by atoms with van der Waals surface area (Å²) in [5.41, 5.74) is 0.0907. The molecule has 17 heavy (non-hydrogen) atoms. The van der Waals surface area contributed by atoms with E-state index in [-0.39, 0.29) is 11.4 Å². The molecule has 88 valence electrons. The molecule has 0 saturated heterocycles. The molecule has 0 aliphatic carbocycles. The van der Waals surface area contributed by atoms with Gasteiger partial charge in [-0.25, -0.2) is 0 Å². The molecular formula is C10H9N3O4. The Kier molecular flexibility index (Phi) is 4.04. The van der Waals surface area contributed by atoms with E-state index in [1.165, 1.54) is 31.2 Å². The van der Waals surface area contributed by atoms with Crippen LogP contribution in [-0.4, -0.2) is 15.8 Å². The Morgan fingerprint density at radius 1 is 1.41 bits per heavy atom. The number of nitro benzene ring substituents is 1. The number of hydrogen-bond acceptors (Lipinski definition) is 6. The Morgan fingerprint density at radius 3 is 2.41 bits per heavy atom. The number of carbonyl (C=O) groups excluding carboxylic acids is 1. The van der Waals surface area contributed by atoms with Gasteiger partial charge in [0.25, 0.3) is 5.69 Å². The van der Waals surface area contributed by atoms with E-state index >= 15 is 0 Å². The molecule has 0 aliphatic heterocycles. The second-order valence-electron chi connectivity index (χ2n) is 3.04. The summed E-state index contributed by atoms with van der Waals surface area (Å²) in [6, 6.07) is 5.31. The molecule has 0 amide bonds. The van der Waals surface area contributed by atoms with Gasteiger partial charge >= 0.3 is 0 Å². The van der Waals surface area contributed by atoms with E-state index in [0.717, 1.165) is 0 Å². The average molecular weight is 235 g/mol. The lowest BCUT2D eigenvalue weighted by molar-refractivity contribution is -0.384. The van der Waals surface area contributed by atoms with Crippen molar-refractivity contribution < 1.29 is 14.8 Å². The minimum Gasteiger partial charge on any atom is -0.513 e. The second-order valence-corrected chi connectivity index (χ2v) is 3.04. The van der Waals surface area contributed by atoms with Crippen LogP contribution in [0.25, 0.3) is 0 Å². The highest BCUT2D eigenvalue weighted by Gasteiger charge is 2.04. The molecule has 1 N–H and O–H groups in total. The van der Waals surface area contributed by atoms with Crippen molar-refractivity contribution >= 4 is 17.2 Å². The Morgan fingerprint density at radius 2 is 2.00 bits per heavy atom. The molecule has 7 heteroatoms. The molecule has 1 rings (SSSR count). The predicted molar refractivity (Wildman–Crippen MR) is 59.0 cm³/mol. The molecule has 0 spiro atoms. The zero-order valence-electron chi connectivity index (χ0n) is 8.90. The molecule has 0 unspecified atom stereocenters. The minimum absolute atomic E-state index is 0.0616. The summed E-state index contributed by atoms with van der Waals surface area (Å²) in [6.45, 7) is 1.23. The first-order valence-corrected chi connectivity index (χ1v) is 4.56. The summed E-state index contributed by atoms with van der Waals surface area (Å²) in [5.74, 6) is -0.432. The Balaban J connectivity index is 2.86. The zero-order valence-corrected chi connectivity index (χ0v) is 8.90. The first-order chi connectivity index (χ1) is 8.04. The fraction of sp³-hybridized carbons (Fsp3) is 0.100. The largest absolute Gasteiger partial charge is 0.513 e. The van der Waals surface area contributed by atoms with Gasteiger partial charge in [-0.1, -0.05) is 0 Å². The minimum atomic E-state index is -0.532. The van der Waals surface area contributed by atoms with Gasteiger partial charge < -0.3 is 5.11 Å². The molecule has 1 aromatic carbocycles. The topological polar surface area (TPSA) is 105 Å². The van der Waals surface area contributed by atoms with Crippen LogP contribution in [0, 0.1) is 10.1 Å². The molecule has 0 bridgehead atoms. The summed E-state index contributed by atoms with van der Waals surface area (Å²) >= 11 is 0. The van der Waals surface area contributed by atoms with E-state index in [1.54, 1.807) is 0 Å². The number of azo groups is 1. The maximum Gasteiger partial charge on any atom is 0.269 e. The molecule has 0 saturated carbocycles. The number of Topliss-reactive ketones (excluding diaryl/α,β-unsaturated/α-hetero) is 1. The molecule has 0 aliphatic rings. The fourth-order valence-corrected chi connectivity index (χ4v) is 0.940. The number of nitro groups is 1. The van der Waals surface area contributed by atoms with Crippen molar-refractivity contribution in [2.75, 3.05) is 0 Å². The summed E-state index contributed by atoms with van der Waals surface area (Å²) in [7, 11) is 0. The number of nitrogens with zero attached hydrogens (tertiary/aromatic N) is 3. The van der Waals surface area contributed by atoms with Crippen molar-refractivity contribution in [3.8, 4) is 0 Å². The van der Waals surface area contributed by atoms with Gasteiger partial charge in [0.15, 0.2) is 11.5 Å². The van der Waals surface area contributed by atoms with E-state index in [9.17, 15) is 14.9 Å². The Labute approximate surface area is 96.3 Å². The van der Waals surface area contributed by atoms with E-state index in [4.69, 9.17) is 5.11 Å². The van der Waals surface area contributed by atoms with E-state index in [0.29, 0.717) is 11.9 Å². The maximum atomic E-state index is 10.9. The first-order valence-electron chi connectivity index (χ1n) is 4.56. The highest BCUT2D eigenvalue weighted by molar-refractivity contribution is 5.92. The van der Waals surface area contributed by atoms with Crippen molar-refractivity contribution in [1.82, 2.24) is 0 Å². The number of non-ortho nitro benzene ring substituents is 1. The van der Waals surface area contributed by atoms with Gasteiger partial charge in [0.05, 0.1) is 10.6 Å². The predicted octanol–water partition coefficient (Wildman–Crippen LogP) is 2.67. The van der Waals surface area contributed by atoms with E-state index < -0.39 is 10.7 Å². The lowest BCUT2D eigenvalue weighted by Gasteiger charge is -1.93. The lowest BCUT2D eigenvalue weighted by atomic mass is 10.3. The average Bonchev–Trinajstić information content (AvgIpc) is 2.30. The van der Waals surface area contributed by atoms with Crippen LogP contribution in [-0.2, 0) is 4.79 Å². The third kappa shape index (κ3) is 3.49. The third-order valence-electron chi connectivity index (χ3n) is 1.82. The smallest absolute Gasteiger partial charge is 0.269 e.